The summed E-state index contributed by atoms with van der Waals surface area (Å²) in [6.45, 7) is 3.78. The Hall–Kier alpha value is -3.02. The molecule has 0 atom stereocenters. The van der Waals surface area contributed by atoms with Gasteiger partial charge >= 0.3 is 0 Å². The van der Waals surface area contributed by atoms with Crippen LogP contribution in [-0.2, 0) is 4.79 Å². The van der Waals surface area contributed by atoms with Gasteiger partial charge in [-0.2, -0.15) is 0 Å². The van der Waals surface area contributed by atoms with E-state index in [4.69, 9.17) is 0 Å². The van der Waals surface area contributed by atoms with Crippen molar-refractivity contribution in [1.82, 2.24) is 4.98 Å². The van der Waals surface area contributed by atoms with Crippen molar-refractivity contribution in [2.45, 2.75) is 13.8 Å². The van der Waals surface area contributed by atoms with Gasteiger partial charge in [0.25, 0.3) is 5.69 Å². The predicted octanol–water partition coefficient (Wildman–Crippen LogP) is 3.26. The van der Waals surface area contributed by atoms with Crippen LogP contribution in [0.4, 0.5) is 11.5 Å². The molecule has 2 aromatic rings. The molecule has 1 N–H and O–H groups in total. The van der Waals surface area contributed by atoms with Crippen LogP contribution in [0.3, 0.4) is 0 Å². The Morgan fingerprint density at radius 2 is 1.91 bits per heavy atom. The Morgan fingerprint density at radius 1 is 1.23 bits per heavy atom. The minimum atomic E-state index is -0.466. The lowest BCUT2D eigenvalue weighted by Gasteiger charge is -2.04. The van der Waals surface area contributed by atoms with E-state index in [-0.39, 0.29) is 11.6 Å². The Bertz CT molecular complexity index is 717. The first-order valence-corrected chi connectivity index (χ1v) is 6.63. The summed E-state index contributed by atoms with van der Waals surface area (Å²) in [4.78, 5) is 26.1. The van der Waals surface area contributed by atoms with Crippen molar-refractivity contribution < 1.29 is 9.72 Å². The number of aryl methyl sites for hydroxylation is 2. The zero-order valence-electron chi connectivity index (χ0n) is 12.2. The molecule has 1 amide bonds. The van der Waals surface area contributed by atoms with E-state index >= 15 is 0 Å². The number of aromatic nitrogens is 1. The molecule has 6 nitrogen and oxygen atoms in total. The van der Waals surface area contributed by atoms with Crippen molar-refractivity contribution in [2.24, 2.45) is 0 Å². The van der Waals surface area contributed by atoms with E-state index in [1.54, 1.807) is 24.3 Å². The summed E-state index contributed by atoms with van der Waals surface area (Å²) in [6.07, 6.45) is 2.95. The molecule has 112 valence electrons. The minimum absolute atomic E-state index is 0.0148. The SMILES string of the molecule is Cc1cc(C)nc(NC(=O)C=Cc2ccc([N+](=O)[O-])cc2)c1. The molecule has 0 unspecified atom stereocenters. The lowest BCUT2D eigenvalue weighted by molar-refractivity contribution is -0.384. The fourth-order valence-electron chi connectivity index (χ4n) is 1.95. The van der Waals surface area contributed by atoms with Crippen LogP contribution in [0.25, 0.3) is 6.08 Å². The number of nitrogens with one attached hydrogen (secondary N) is 1. The third kappa shape index (κ3) is 4.24. The molecule has 6 heteroatoms. The van der Waals surface area contributed by atoms with E-state index in [9.17, 15) is 14.9 Å². The fourth-order valence-corrected chi connectivity index (χ4v) is 1.95. The van der Waals surface area contributed by atoms with Crippen LogP contribution in [0.15, 0.2) is 42.5 Å². The normalized spacial score (nSPS) is 10.6. The van der Waals surface area contributed by atoms with Crippen molar-refractivity contribution in [3.05, 3.63) is 69.4 Å². The Kier molecular flexibility index (Phi) is 4.63. The molecule has 0 aliphatic rings. The lowest BCUT2D eigenvalue weighted by Crippen LogP contribution is -2.09. The number of carbonyl (C=O) groups excluding carboxylic acids is 1. The predicted molar refractivity (Wildman–Crippen MR) is 84.5 cm³/mol. The number of hydrogen-bond donors (Lipinski definition) is 1. The van der Waals surface area contributed by atoms with Gasteiger partial charge in [0.05, 0.1) is 4.92 Å². The maximum absolute atomic E-state index is 11.8. The van der Waals surface area contributed by atoms with Crippen LogP contribution >= 0.6 is 0 Å². The summed E-state index contributed by atoms with van der Waals surface area (Å²) in [5.74, 6) is 0.187. The summed E-state index contributed by atoms with van der Waals surface area (Å²) in [6, 6.07) is 9.65. The average molecular weight is 297 g/mol. The summed E-state index contributed by atoms with van der Waals surface area (Å²) in [5, 5.41) is 13.2. The van der Waals surface area contributed by atoms with E-state index in [0.717, 1.165) is 11.3 Å². The van der Waals surface area contributed by atoms with Gasteiger partial charge in [-0.25, -0.2) is 4.98 Å². The van der Waals surface area contributed by atoms with Crippen LogP contribution in [-0.4, -0.2) is 15.8 Å². The highest BCUT2D eigenvalue weighted by Gasteiger charge is 2.03. The van der Waals surface area contributed by atoms with E-state index < -0.39 is 4.92 Å². The maximum Gasteiger partial charge on any atom is 0.269 e. The number of benzene rings is 1. The molecular formula is C16H15N3O3. The molecule has 1 aromatic carbocycles. The van der Waals surface area contributed by atoms with Crippen molar-refractivity contribution in [2.75, 3.05) is 5.32 Å². The third-order valence-electron chi connectivity index (χ3n) is 2.88. The highest BCUT2D eigenvalue weighted by atomic mass is 16.6. The monoisotopic (exact) mass is 297 g/mol. The highest BCUT2D eigenvalue weighted by Crippen LogP contribution is 2.13. The van der Waals surface area contributed by atoms with Gasteiger partial charge < -0.3 is 5.32 Å². The lowest BCUT2D eigenvalue weighted by atomic mass is 10.2. The number of nitrogens with zero attached hydrogens (tertiary/aromatic N) is 2. The second-order valence-electron chi connectivity index (χ2n) is 4.84. The number of nitro groups is 1. The van der Waals surface area contributed by atoms with Crippen molar-refractivity contribution in [3.63, 3.8) is 0 Å². The van der Waals surface area contributed by atoms with Crippen molar-refractivity contribution in [1.29, 1.82) is 0 Å². The van der Waals surface area contributed by atoms with Crippen molar-refractivity contribution >= 4 is 23.5 Å². The van der Waals surface area contributed by atoms with Crippen LogP contribution in [0, 0.1) is 24.0 Å². The first-order valence-electron chi connectivity index (χ1n) is 6.63. The quantitative estimate of drug-likeness (QED) is 0.533. The zero-order chi connectivity index (χ0) is 16.1. The molecule has 0 spiro atoms. The molecule has 2 rings (SSSR count). The van der Waals surface area contributed by atoms with Gasteiger partial charge in [-0.3, -0.25) is 14.9 Å². The summed E-state index contributed by atoms with van der Waals surface area (Å²) >= 11 is 0. The fraction of sp³-hybridized carbons (Fsp3) is 0.125. The van der Waals surface area contributed by atoms with E-state index in [1.807, 2.05) is 19.9 Å². The number of amides is 1. The third-order valence-corrected chi connectivity index (χ3v) is 2.88. The minimum Gasteiger partial charge on any atom is -0.307 e. The molecule has 0 fully saturated rings. The number of nitro benzene ring substituents is 1. The van der Waals surface area contributed by atoms with E-state index in [0.29, 0.717) is 11.4 Å². The second-order valence-corrected chi connectivity index (χ2v) is 4.84. The Balaban J connectivity index is 2.03. The molecule has 0 saturated heterocycles. The molecule has 0 bridgehead atoms. The molecular weight excluding hydrogens is 282 g/mol. The molecule has 0 aliphatic heterocycles. The first-order chi connectivity index (χ1) is 10.4. The topological polar surface area (TPSA) is 85.1 Å². The van der Waals surface area contributed by atoms with E-state index in [1.165, 1.54) is 18.2 Å². The first kappa shape index (κ1) is 15.4. The molecule has 0 radical (unpaired) electrons. The second kappa shape index (κ2) is 6.62. The smallest absolute Gasteiger partial charge is 0.269 e. The number of hydrogen-bond acceptors (Lipinski definition) is 4. The average Bonchev–Trinajstić information content (AvgIpc) is 2.44. The molecule has 1 heterocycles. The van der Waals surface area contributed by atoms with Gasteiger partial charge in [0.15, 0.2) is 0 Å². The standard InChI is InChI=1S/C16H15N3O3/c1-11-9-12(2)17-15(10-11)18-16(20)8-5-13-3-6-14(7-4-13)19(21)22/h3-10H,1-2H3,(H,17,18,20). The van der Waals surface area contributed by atoms with Gasteiger partial charge in [-0.15, -0.1) is 0 Å². The van der Waals surface area contributed by atoms with Crippen LogP contribution in [0.1, 0.15) is 16.8 Å². The summed E-state index contributed by atoms with van der Waals surface area (Å²) in [5.41, 5.74) is 2.56. The van der Waals surface area contributed by atoms with Crippen molar-refractivity contribution in [3.8, 4) is 0 Å². The maximum atomic E-state index is 11.8. The van der Waals surface area contributed by atoms with E-state index in [2.05, 4.69) is 10.3 Å². The van der Waals surface area contributed by atoms with Crippen LogP contribution in [0.2, 0.25) is 0 Å². The molecule has 22 heavy (non-hydrogen) atoms. The molecule has 0 saturated carbocycles. The number of anilines is 1. The van der Waals surface area contributed by atoms with Gasteiger partial charge in [-0.05, 0) is 55.3 Å². The van der Waals surface area contributed by atoms with Gasteiger partial charge in [0, 0.05) is 23.9 Å². The summed E-state index contributed by atoms with van der Waals surface area (Å²) < 4.78 is 0. The van der Waals surface area contributed by atoms with Crippen LogP contribution in [0.5, 0.6) is 0 Å². The number of pyridine rings is 1. The Labute approximate surface area is 127 Å². The largest absolute Gasteiger partial charge is 0.307 e. The summed E-state index contributed by atoms with van der Waals surface area (Å²) in [7, 11) is 0. The molecule has 1 aromatic heterocycles. The Morgan fingerprint density at radius 3 is 2.50 bits per heavy atom. The number of carbonyl (C=O) groups is 1. The van der Waals surface area contributed by atoms with Gasteiger partial charge in [0.1, 0.15) is 5.82 Å². The number of non-ortho nitro benzene ring substituents is 1. The number of rotatable bonds is 4. The van der Waals surface area contributed by atoms with Gasteiger partial charge in [-0.1, -0.05) is 0 Å². The highest BCUT2D eigenvalue weighted by molar-refractivity contribution is 6.01. The zero-order valence-corrected chi connectivity index (χ0v) is 12.2. The molecule has 0 aliphatic carbocycles. The van der Waals surface area contributed by atoms with Gasteiger partial charge in [0.2, 0.25) is 5.91 Å². The van der Waals surface area contributed by atoms with Crippen LogP contribution < -0.4 is 5.32 Å².